The standard InChI is InChI=1S/C16H15FN2O5/c1-3-23-16(20)10(2)24-14-8-11(9-18-15(14)19(21)22)12-6-4-5-7-13(12)17/h4-10H,3H2,1-2H3. The van der Waals surface area contributed by atoms with Crippen molar-refractivity contribution in [2.75, 3.05) is 6.61 Å². The third kappa shape index (κ3) is 3.83. The number of rotatable bonds is 6. The van der Waals surface area contributed by atoms with Crippen LogP contribution in [0.25, 0.3) is 11.1 Å². The van der Waals surface area contributed by atoms with Gasteiger partial charge in [-0.3, -0.25) is 0 Å². The maximum Gasteiger partial charge on any atom is 0.406 e. The second-order valence-electron chi connectivity index (χ2n) is 4.79. The Hall–Kier alpha value is -3.03. The summed E-state index contributed by atoms with van der Waals surface area (Å²) in [4.78, 5) is 25.7. The van der Waals surface area contributed by atoms with E-state index in [1.165, 1.54) is 37.4 Å². The van der Waals surface area contributed by atoms with Crippen LogP contribution in [0.5, 0.6) is 5.75 Å². The topological polar surface area (TPSA) is 91.6 Å². The number of nitro groups is 1. The van der Waals surface area contributed by atoms with Gasteiger partial charge in [0.15, 0.2) is 6.10 Å². The fourth-order valence-electron chi connectivity index (χ4n) is 2.00. The second-order valence-corrected chi connectivity index (χ2v) is 4.79. The lowest BCUT2D eigenvalue weighted by Crippen LogP contribution is -2.26. The minimum Gasteiger partial charge on any atom is -0.471 e. The summed E-state index contributed by atoms with van der Waals surface area (Å²) in [6.45, 7) is 3.19. The van der Waals surface area contributed by atoms with Gasteiger partial charge in [0.2, 0.25) is 5.75 Å². The smallest absolute Gasteiger partial charge is 0.406 e. The highest BCUT2D eigenvalue weighted by Gasteiger charge is 2.24. The SMILES string of the molecule is CCOC(=O)C(C)Oc1cc(-c2ccccc2F)cnc1[N+](=O)[O-]. The maximum absolute atomic E-state index is 13.9. The molecule has 0 saturated heterocycles. The Morgan fingerprint density at radius 3 is 2.75 bits per heavy atom. The summed E-state index contributed by atoms with van der Waals surface area (Å²) in [6, 6.07) is 7.20. The Bertz CT molecular complexity index is 766. The number of nitrogens with zero attached hydrogens (tertiary/aromatic N) is 2. The predicted octanol–water partition coefficient (Wildman–Crippen LogP) is 3.13. The van der Waals surface area contributed by atoms with E-state index < -0.39 is 28.6 Å². The van der Waals surface area contributed by atoms with Crippen molar-refractivity contribution in [3.05, 3.63) is 52.5 Å². The first kappa shape index (κ1) is 17.3. The van der Waals surface area contributed by atoms with Crippen LogP contribution in [0.4, 0.5) is 10.2 Å². The molecule has 1 aromatic heterocycles. The maximum atomic E-state index is 13.9. The first-order valence-corrected chi connectivity index (χ1v) is 7.16. The molecule has 0 aliphatic rings. The van der Waals surface area contributed by atoms with E-state index in [4.69, 9.17) is 9.47 Å². The van der Waals surface area contributed by atoms with Gasteiger partial charge in [0.1, 0.15) is 12.0 Å². The molecule has 1 atom stereocenters. The molecule has 24 heavy (non-hydrogen) atoms. The average Bonchev–Trinajstić information content (AvgIpc) is 2.55. The van der Waals surface area contributed by atoms with Gasteiger partial charge in [-0.2, -0.15) is 0 Å². The fraction of sp³-hybridized carbons (Fsp3) is 0.250. The van der Waals surface area contributed by atoms with Crippen molar-refractivity contribution >= 4 is 11.8 Å². The molecule has 1 heterocycles. The van der Waals surface area contributed by atoms with Crippen molar-refractivity contribution in [1.82, 2.24) is 4.98 Å². The van der Waals surface area contributed by atoms with Crippen LogP contribution in [0.1, 0.15) is 13.8 Å². The quantitative estimate of drug-likeness (QED) is 0.458. The Morgan fingerprint density at radius 1 is 1.42 bits per heavy atom. The van der Waals surface area contributed by atoms with Crippen LogP contribution in [0.3, 0.4) is 0 Å². The molecule has 8 heteroatoms. The Balaban J connectivity index is 2.40. The number of carbonyl (C=O) groups is 1. The number of ether oxygens (including phenoxy) is 2. The third-order valence-electron chi connectivity index (χ3n) is 3.11. The van der Waals surface area contributed by atoms with Crippen LogP contribution in [-0.4, -0.2) is 28.6 Å². The lowest BCUT2D eigenvalue weighted by Gasteiger charge is -2.13. The predicted molar refractivity (Wildman–Crippen MR) is 83.0 cm³/mol. The van der Waals surface area contributed by atoms with Crippen molar-refractivity contribution in [2.45, 2.75) is 20.0 Å². The van der Waals surface area contributed by atoms with Gasteiger partial charge in [0.25, 0.3) is 0 Å². The lowest BCUT2D eigenvalue weighted by atomic mass is 10.1. The zero-order chi connectivity index (χ0) is 17.7. The molecular weight excluding hydrogens is 319 g/mol. The molecule has 0 bridgehead atoms. The van der Waals surface area contributed by atoms with E-state index in [0.717, 1.165) is 0 Å². The largest absolute Gasteiger partial charge is 0.471 e. The number of aromatic nitrogens is 1. The molecule has 0 saturated carbocycles. The van der Waals surface area contributed by atoms with Crippen molar-refractivity contribution in [2.24, 2.45) is 0 Å². The minimum absolute atomic E-state index is 0.155. The summed E-state index contributed by atoms with van der Waals surface area (Å²) < 4.78 is 24.0. The zero-order valence-corrected chi connectivity index (χ0v) is 13.1. The van der Waals surface area contributed by atoms with Gasteiger partial charge in [-0.1, -0.05) is 18.2 Å². The molecule has 0 amide bonds. The Kier molecular flexibility index (Phi) is 5.41. The molecule has 0 aliphatic heterocycles. The van der Waals surface area contributed by atoms with Crippen LogP contribution >= 0.6 is 0 Å². The molecule has 0 radical (unpaired) electrons. The summed E-state index contributed by atoms with van der Waals surface area (Å²) in [5, 5.41) is 11.1. The molecule has 1 aromatic carbocycles. The van der Waals surface area contributed by atoms with Gasteiger partial charge < -0.3 is 19.6 Å². The fourth-order valence-corrected chi connectivity index (χ4v) is 2.00. The number of esters is 1. The van der Waals surface area contributed by atoms with Crippen LogP contribution in [0, 0.1) is 15.9 Å². The van der Waals surface area contributed by atoms with Crippen LogP contribution in [0.2, 0.25) is 0 Å². The van der Waals surface area contributed by atoms with Crippen molar-refractivity contribution in [1.29, 1.82) is 0 Å². The molecule has 0 spiro atoms. The molecule has 2 rings (SSSR count). The normalized spacial score (nSPS) is 11.6. The highest BCUT2D eigenvalue weighted by Crippen LogP contribution is 2.31. The first-order chi connectivity index (χ1) is 11.4. The number of hydrogen-bond acceptors (Lipinski definition) is 6. The monoisotopic (exact) mass is 334 g/mol. The van der Waals surface area contributed by atoms with Crippen molar-refractivity contribution in [3.63, 3.8) is 0 Å². The molecule has 2 aromatic rings. The zero-order valence-electron chi connectivity index (χ0n) is 13.1. The molecule has 1 unspecified atom stereocenters. The van der Waals surface area contributed by atoms with E-state index in [9.17, 15) is 19.3 Å². The van der Waals surface area contributed by atoms with E-state index in [0.29, 0.717) is 5.56 Å². The molecule has 0 N–H and O–H groups in total. The van der Waals surface area contributed by atoms with E-state index in [-0.39, 0.29) is 17.9 Å². The molecule has 126 valence electrons. The van der Waals surface area contributed by atoms with Crippen molar-refractivity contribution in [3.8, 4) is 16.9 Å². The van der Waals surface area contributed by atoms with Crippen LogP contribution in [0.15, 0.2) is 36.5 Å². The van der Waals surface area contributed by atoms with Gasteiger partial charge in [-0.25, -0.2) is 9.18 Å². The highest BCUT2D eigenvalue weighted by atomic mass is 19.1. The summed E-state index contributed by atoms with van der Waals surface area (Å²) in [5.41, 5.74) is 0.512. The number of halogens is 1. The van der Waals surface area contributed by atoms with Crippen LogP contribution < -0.4 is 4.74 Å². The lowest BCUT2D eigenvalue weighted by molar-refractivity contribution is -0.390. The number of benzene rings is 1. The first-order valence-electron chi connectivity index (χ1n) is 7.16. The van der Waals surface area contributed by atoms with Crippen LogP contribution in [-0.2, 0) is 9.53 Å². The molecule has 0 aliphatic carbocycles. The van der Waals surface area contributed by atoms with E-state index in [1.54, 1.807) is 13.0 Å². The van der Waals surface area contributed by atoms with Gasteiger partial charge >= 0.3 is 11.8 Å². The summed E-state index contributed by atoms with van der Waals surface area (Å²) >= 11 is 0. The second kappa shape index (κ2) is 7.49. The number of hydrogen-bond donors (Lipinski definition) is 0. The Morgan fingerprint density at radius 2 is 2.12 bits per heavy atom. The molecule has 0 fully saturated rings. The number of carbonyl (C=O) groups excluding carboxylic acids is 1. The summed E-state index contributed by atoms with van der Waals surface area (Å²) in [5.74, 6) is -1.96. The van der Waals surface area contributed by atoms with E-state index >= 15 is 0 Å². The van der Waals surface area contributed by atoms with Gasteiger partial charge in [-0.05, 0) is 29.8 Å². The van der Waals surface area contributed by atoms with Gasteiger partial charge in [0, 0.05) is 17.2 Å². The third-order valence-corrected chi connectivity index (χ3v) is 3.11. The van der Waals surface area contributed by atoms with Crippen molar-refractivity contribution < 1.29 is 23.6 Å². The number of pyridine rings is 1. The van der Waals surface area contributed by atoms with Gasteiger partial charge in [-0.15, -0.1) is 0 Å². The van der Waals surface area contributed by atoms with E-state index in [1.807, 2.05) is 0 Å². The average molecular weight is 334 g/mol. The summed E-state index contributed by atoms with van der Waals surface area (Å²) in [6.07, 6.45) is 0.111. The van der Waals surface area contributed by atoms with Gasteiger partial charge in [0.05, 0.1) is 6.61 Å². The summed E-state index contributed by atoms with van der Waals surface area (Å²) in [7, 11) is 0. The molecule has 7 nitrogen and oxygen atoms in total. The minimum atomic E-state index is -1.07. The van der Waals surface area contributed by atoms with E-state index in [2.05, 4.69) is 4.98 Å². The Labute approximate surface area is 137 Å². The molecular formula is C16H15FN2O5. The highest BCUT2D eigenvalue weighted by molar-refractivity contribution is 5.75.